The van der Waals surface area contributed by atoms with Gasteiger partial charge in [-0.2, -0.15) is 0 Å². The summed E-state index contributed by atoms with van der Waals surface area (Å²) in [6.45, 7) is 8.63. The summed E-state index contributed by atoms with van der Waals surface area (Å²) in [7, 11) is 0. The Hall–Kier alpha value is -1.05. The molecule has 0 radical (unpaired) electrons. The molecule has 0 aromatic carbocycles. The van der Waals surface area contributed by atoms with E-state index in [1.165, 1.54) is 30.4 Å². The van der Waals surface area contributed by atoms with Crippen LogP contribution in [-0.4, -0.2) is 11.9 Å². The number of hydrogen-bond acceptors (Lipinski definition) is 1. The van der Waals surface area contributed by atoms with Gasteiger partial charge in [0.25, 0.3) is 0 Å². The van der Waals surface area contributed by atoms with Gasteiger partial charge in [-0.25, -0.2) is 0 Å². The number of allylic oxidation sites excluding steroid dienone is 1. The summed E-state index contributed by atoms with van der Waals surface area (Å²) >= 11 is 0. The molecular formula is C15H21NO. The standard InChI is InChI=1S/C15H21NO/c1-9-5-4-6-15(3)8-13-11(7-12(9)15)10(2)14(17)16-13/h12-13H,1,4-8H2,2-3H3,(H,16,17)/t12-,13-,15+/m0/s1. The largest absolute Gasteiger partial charge is 0.346 e. The Balaban J connectivity index is 1.97. The normalized spacial score (nSPS) is 41.1. The van der Waals surface area contributed by atoms with Crippen LogP contribution in [0.25, 0.3) is 0 Å². The lowest BCUT2D eigenvalue weighted by Crippen LogP contribution is -2.44. The number of carbonyl (C=O) groups is 1. The van der Waals surface area contributed by atoms with Crippen molar-refractivity contribution < 1.29 is 4.79 Å². The molecular weight excluding hydrogens is 210 g/mol. The van der Waals surface area contributed by atoms with Crippen molar-refractivity contribution in [2.24, 2.45) is 11.3 Å². The monoisotopic (exact) mass is 231 g/mol. The molecule has 0 aromatic rings. The molecule has 17 heavy (non-hydrogen) atoms. The molecule has 1 N–H and O–H groups in total. The van der Waals surface area contributed by atoms with Crippen LogP contribution in [0.2, 0.25) is 0 Å². The zero-order valence-corrected chi connectivity index (χ0v) is 10.8. The van der Waals surface area contributed by atoms with Gasteiger partial charge in [0.1, 0.15) is 0 Å². The highest BCUT2D eigenvalue weighted by Crippen LogP contribution is 2.54. The maximum absolute atomic E-state index is 11.7. The van der Waals surface area contributed by atoms with E-state index in [0.29, 0.717) is 17.4 Å². The number of nitrogens with one attached hydrogen (secondary N) is 1. The molecule has 2 heteroatoms. The highest BCUT2D eigenvalue weighted by atomic mass is 16.2. The Morgan fingerprint density at radius 2 is 2.24 bits per heavy atom. The van der Waals surface area contributed by atoms with Crippen molar-refractivity contribution in [1.29, 1.82) is 0 Å². The fourth-order valence-electron chi connectivity index (χ4n) is 4.11. The zero-order valence-electron chi connectivity index (χ0n) is 10.8. The van der Waals surface area contributed by atoms with Crippen molar-refractivity contribution in [3.05, 3.63) is 23.3 Å². The first-order valence-corrected chi connectivity index (χ1v) is 6.69. The van der Waals surface area contributed by atoms with E-state index in [4.69, 9.17) is 0 Å². The van der Waals surface area contributed by atoms with E-state index in [0.717, 1.165) is 18.4 Å². The molecule has 3 aliphatic rings. The lowest BCUT2D eigenvalue weighted by Gasteiger charge is -2.49. The van der Waals surface area contributed by atoms with Gasteiger partial charge in [-0.1, -0.05) is 19.1 Å². The third kappa shape index (κ3) is 1.50. The second-order valence-corrected chi connectivity index (χ2v) is 6.30. The molecule has 0 bridgehead atoms. The smallest absolute Gasteiger partial charge is 0.247 e. The summed E-state index contributed by atoms with van der Waals surface area (Å²) in [5.41, 5.74) is 4.11. The van der Waals surface area contributed by atoms with E-state index in [-0.39, 0.29) is 5.91 Å². The maximum atomic E-state index is 11.7. The third-order valence-corrected chi connectivity index (χ3v) is 5.22. The number of fused-ring (bicyclic) bond motifs is 2. The van der Waals surface area contributed by atoms with Crippen LogP contribution >= 0.6 is 0 Å². The first-order chi connectivity index (χ1) is 8.01. The molecule has 1 amide bonds. The predicted molar refractivity (Wildman–Crippen MR) is 68.5 cm³/mol. The van der Waals surface area contributed by atoms with Gasteiger partial charge in [0.2, 0.25) is 5.91 Å². The highest BCUT2D eigenvalue weighted by Gasteiger charge is 2.47. The van der Waals surface area contributed by atoms with Gasteiger partial charge in [-0.3, -0.25) is 4.79 Å². The van der Waals surface area contributed by atoms with Crippen molar-refractivity contribution in [3.8, 4) is 0 Å². The lowest BCUT2D eigenvalue weighted by molar-refractivity contribution is -0.117. The lowest BCUT2D eigenvalue weighted by atomic mass is 9.57. The van der Waals surface area contributed by atoms with Crippen LogP contribution in [0.4, 0.5) is 0 Å². The van der Waals surface area contributed by atoms with Gasteiger partial charge in [0, 0.05) is 5.57 Å². The Kier molecular flexibility index (Phi) is 2.26. The Morgan fingerprint density at radius 1 is 1.47 bits per heavy atom. The third-order valence-electron chi connectivity index (χ3n) is 5.22. The van der Waals surface area contributed by atoms with Gasteiger partial charge in [-0.05, 0) is 55.9 Å². The SMILES string of the molecule is C=C1CCC[C@]2(C)C[C@@H]3NC(=O)C(C)=C3C[C@@H]12. The molecule has 1 aliphatic heterocycles. The molecule has 0 saturated heterocycles. The van der Waals surface area contributed by atoms with Crippen molar-refractivity contribution in [3.63, 3.8) is 0 Å². The maximum Gasteiger partial charge on any atom is 0.247 e. The molecule has 2 nitrogen and oxygen atoms in total. The molecule has 2 aliphatic carbocycles. The van der Waals surface area contributed by atoms with Crippen LogP contribution in [0.1, 0.15) is 46.0 Å². The second-order valence-electron chi connectivity index (χ2n) is 6.30. The zero-order chi connectivity index (χ0) is 12.2. The minimum absolute atomic E-state index is 0.151. The Bertz CT molecular complexity index is 434. The van der Waals surface area contributed by atoms with E-state index in [9.17, 15) is 4.79 Å². The van der Waals surface area contributed by atoms with Gasteiger partial charge in [0.15, 0.2) is 0 Å². The molecule has 0 unspecified atom stereocenters. The van der Waals surface area contributed by atoms with Crippen LogP contribution < -0.4 is 5.32 Å². The highest BCUT2D eigenvalue weighted by molar-refractivity contribution is 5.97. The summed E-state index contributed by atoms with van der Waals surface area (Å²) in [5, 5.41) is 3.14. The van der Waals surface area contributed by atoms with Crippen LogP contribution in [0.5, 0.6) is 0 Å². The van der Waals surface area contributed by atoms with Gasteiger partial charge < -0.3 is 5.32 Å². The summed E-state index contributed by atoms with van der Waals surface area (Å²) in [6.07, 6.45) is 5.90. The topological polar surface area (TPSA) is 29.1 Å². The van der Waals surface area contributed by atoms with Crippen molar-refractivity contribution >= 4 is 5.91 Å². The van der Waals surface area contributed by atoms with Gasteiger partial charge in [0.05, 0.1) is 6.04 Å². The fraction of sp³-hybridized carbons (Fsp3) is 0.667. The summed E-state index contributed by atoms with van der Waals surface area (Å²) in [5.74, 6) is 0.753. The molecule has 3 atom stereocenters. The minimum Gasteiger partial charge on any atom is -0.346 e. The number of amides is 1. The van der Waals surface area contributed by atoms with Crippen LogP contribution in [0.15, 0.2) is 23.3 Å². The van der Waals surface area contributed by atoms with Crippen LogP contribution in [-0.2, 0) is 4.79 Å². The summed E-state index contributed by atoms with van der Waals surface area (Å²) in [4.78, 5) is 11.7. The molecule has 92 valence electrons. The van der Waals surface area contributed by atoms with Crippen molar-refractivity contribution in [2.75, 3.05) is 0 Å². The molecule has 2 saturated carbocycles. The van der Waals surface area contributed by atoms with E-state index in [1.54, 1.807) is 0 Å². The molecule has 3 rings (SSSR count). The molecule has 0 aromatic heterocycles. The molecule has 0 spiro atoms. The van der Waals surface area contributed by atoms with Gasteiger partial charge >= 0.3 is 0 Å². The van der Waals surface area contributed by atoms with E-state index < -0.39 is 0 Å². The minimum atomic E-state index is 0.151. The number of hydrogen-bond donors (Lipinski definition) is 1. The average molecular weight is 231 g/mol. The average Bonchev–Trinajstić information content (AvgIpc) is 2.52. The quantitative estimate of drug-likeness (QED) is 0.638. The fourth-order valence-corrected chi connectivity index (χ4v) is 4.11. The number of carbonyl (C=O) groups excluding carboxylic acids is 1. The van der Waals surface area contributed by atoms with Crippen molar-refractivity contribution in [2.45, 2.75) is 52.0 Å². The summed E-state index contributed by atoms with van der Waals surface area (Å²) < 4.78 is 0. The van der Waals surface area contributed by atoms with Gasteiger partial charge in [-0.15, -0.1) is 0 Å². The molecule has 2 fully saturated rings. The molecule has 1 heterocycles. The summed E-state index contributed by atoms with van der Waals surface area (Å²) in [6, 6.07) is 0.314. The van der Waals surface area contributed by atoms with E-state index >= 15 is 0 Å². The van der Waals surface area contributed by atoms with Crippen molar-refractivity contribution in [1.82, 2.24) is 5.32 Å². The van der Waals surface area contributed by atoms with Crippen LogP contribution in [0, 0.1) is 11.3 Å². The Morgan fingerprint density at radius 3 is 3.00 bits per heavy atom. The Labute approximate surface area is 103 Å². The first kappa shape index (κ1) is 11.1. The van der Waals surface area contributed by atoms with E-state index in [2.05, 4.69) is 18.8 Å². The van der Waals surface area contributed by atoms with E-state index in [1.807, 2.05) is 6.92 Å². The second kappa shape index (κ2) is 3.47. The first-order valence-electron chi connectivity index (χ1n) is 6.69. The predicted octanol–water partition coefficient (Wildman–Crippen LogP) is 2.96. The van der Waals surface area contributed by atoms with Crippen LogP contribution in [0.3, 0.4) is 0 Å². The number of rotatable bonds is 0.